The lowest BCUT2D eigenvalue weighted by Gasteiger charge is -2.48. The summed E-state index contributed by atoms with van der Waals surface area (Å²) >= 11 is 0. The molecule has 0 spiro atoms. The van der Waals surface area contributed by atoms with Crippen LogP contribution >= 0.6 is 0 Å². The molecule has 2 rings (SSSR count). The molecule has 0 aliphatic carbocycles. The monoisotopic (exact) mass is 312 g/mol. The second-order valence-electron chi connectivity index (χ2n) is 5.87. The summed E-state index contributed by atoms with van der Waals surface area (Å²) in [6.45, 7) is 4.18. The molecule has 1 amide bonds. The highest BCUT2D eigenvalue weighted by Gasteiger charge is 2.41. The average molecular weight is 312 g/mol. The first-order valence-corrected chi connectivity index (χ1v) is 8.59. The highest BCUT2D eigenvalue weighted by atomic mass is 32.2. The number of carbonyl (C=O) groups excluding carboxylic acids is 1. The van der Waals surface area contributed by atoms with Crippen molar-refractivity contribution in [1.82, 2.24) is 9.88 Å². The summed E-state index contributed by atoms with van der Waals surface area (Å²) in [6, 6.07) is 2.88. The Labute approximate surface area is 125 Å². The van der Waals surface area contributed by atoms with E-state index in [4.69, 9.17) is 4.74 Å². The van der Waals surface area contributed by atoms with E-state index in [1.807, 2.05) is 0 Å². The molecule has 1 saturated heterocycles. The Kier molecular flexibility index (Phi) is 4.34. The van der Waals surface area contributed by atoms with Crippen LogP contribution in [0.25, 0.3) is 0 Å². The van der Waals surface area contributed by atoms with Gasteiger partial charge >= 0.3 is 0 Å². The molecular formula is C14H20N2O4S. The number of pyridine rings is 1. The molecule has 116 valence electrons. The number of nitrogens with zero attached hydrogens (tertiary/aromatic N) is 2. The Morgan fingerprint density at radius 3 is 2.57 bits per heavy atom. The Bertz CT molecular complexity index is 619. The lowest BCUT2D eigenvalue weighted by atomic mass is 9.79. The van der Waals surface area contributed by atoms with Crippen molar-refractivity contribution < 1.29 is 17.9 Å². The molecule has 0 saturated carbocycles. The van der Waals surface area contributed by atoms with E-state index in [2.05, 4.69) is 11.9 Å². The molecule has 0 N–H and O–H groups in total. The first kappa shape index (κ1) is 15.9. The molecule has 0 atom stereocenters. The summed E-state index contributed by atoms with van der Waals surface area (Å²) in [5.41, 5.74) is 0.516. The van der Waals surface area contributed by atoms with Crippen LogP contribution in [-0.4, -0.2) is 57.3 Å². The minimum atomic E-state index is -3.34. The van der Waals surface area contributed by atoms with Crippen LogP contribution < -0.4 is 0 Å². The number of rotatable bonds is 5. The van der Waals surface area contributed by atoms with Gasteiger partial charge < -0.3 is 9.64 Å². The maximum absolute atomic E-state index is 12.3. The fourth-order valence-electron chi connectivity index (χ4n) is 2.43. The molecule has 0 bridgehead atoms. The Hall–Kier alpha value is -1.47. The highest BCUT2D eigenvalue weighted by molar-refractivity contribution is 7.90. The van der Waals surface area contributed by atoms with Crippen molar-refractivity contribution in [2.45, 2.75) is 18.4 Å². The smallest absolute Gasteiger partial charge is 0.255 e. The molecule has 1 fully saturated rings. The minimum Gasteiger partial charge on any atom is -0.385 e. The van der Waals surface area contributed by atoms with Crippen molar-refractivity contribution in [2.24, 2.45) is 5.41 Å². The average Bonchev–Trinajstić information content (AvgIpc) is 2.40. The standard InChI is InChI=1S/C14H20N2O4S/c1-14(6-7-20-2)9-16(10-14)13(17)11-4-5-12(15-8-11)21(3,18)19/h4-5,8H,6-7,9-10H2,1-3H3. The third-order valence-electron chi connectivity index (χ3n) is 3.71. The number of hydrogen-bond donors (Lipinski definition) is 0. The van der Waals surface area contributed by atoms with E-state index in [9.17, 15) is 13.2 Å². The molecule has 2 heterocycles. The van der Waals surface area contributed by atoms with Crippen LogP contribution in [-0.2, 0) is 14.6 Å². The van der Waals surface area contributed by atoms with Crippen LogP contribution in [0.2, 0.25) is 0 Å². The minimum absolute atomic E-state index is 0.0207. The third kappa shape index (κ3) is 3.59. The second kappa shape index (κ2) is 5.73. The van der Waals surface area contributed by atoms with Gasteiger partial charge in [0.05, 0.1) is 5.56 Å². The van der Waals surface area contributed by atoms with Crippen LogP contribution in [0.15, 0.2) is 23.4 Å². The zero-order chi connectivity index (χ0) is 15.7. The molecule has 1 aliphatic rings. The van der Waals surface area contributed by atoms with Gasteiger partial charge in [-0.3, -0.25) is 4.79 Å². The number of hydrogen-bond acceptors (Lipinski definition) is 5. The molecule has 0 radical (unpaired) electrons. The van der Waals surface area contributed by atoms with Crippen LogP contribution in [0.3, 0.4) is 0 Å². The molecule has 1 aliphatic heterocycles. The fourth-order valence-corrected chi connectivity index (χ4v) is 2.99. The number of amides is 1. The molecule has 6 nitrogen and oxygen atoms in total. The van der Waals surface area contributed by atoms with E-state index in [1.165, 1.54) is 18.3 Å². The van der Waals surface area contributed by atoms with Gasteiger partial charge in [0.15, 0.2) is 14.9 Å². The Morgan fingerprint density at radius 1 is 1.43 bits per heavy atom. The summed E-state index contributed by atoms with van der Waals surface area (Å²) in [6.07, 6.45) is 3.33. The van der Waals surface area contributed by atoms with Crippen LogP contribution in [0.5, 0.6) is 0 Å². The summed E-state index contributed by atoms with van der Waals surface area (Å²) in [5, 5.41) is -0.0207. The SMILES string of the molecule is COCCC1(C)CN(C(=O)c2ccc(S(C)(=O)=O)nc2)C1. The highest BCUT2D eigenvalue weighted by Crippen LogP contribution is 2.34. The van der Waals surface area contributed by atoms with Crippen molar-refractivity contribution in [3.63, 3.8) is 0 Å². The maximum Gasteiger partial charge on any atom is 0.255 e. The van der Waals surface area contributed by atoms with Gasteiger partial charge in [-0.2, -0.15) is 0 Å². The Morgan fingerprint density at radius 2 is 2.10 bits per heavy atom. The maximum atomic E-state index is 12.3. The zero-order valence-electron chi connectivity index (χ0n) is 12.5. The van der Waals surface area contributed by atoms with E-state index < -0.39 is 9.84 Å². The topological polar surface area (TPSA) is 76.6 Å². The Balaban J connectivity index is 2.00. The second-order valence-corrected chi connectivity index (χ2v) is 7.83. The van der Waals surface area contributed by atoms with Crippen molar-refractivity contribution in [2.75, 3.05) is 33.1 Å². The van der Waals surface area contributed by atoms with E-state index in [-0.39, 0.29) is 16.3 Å². The number of sulfone groups is 1. The van der Waals surface area contributed by atoms with Gasteiger partial charge in [0.2, 0.25) is 0 Å². The number of likely N-dealkylation sites (tertiary alicyclic amines) is 1. The first-order valence-electron chi connectivity index (χ1n) is 6.69. The molecule has 1 aromatic rings. The van der Waals surface area contributed by atoms with Gasteiger partial charge in [0, 0.05) is 44.7 Å². The normalized spacial score (nSPS) is 17.4. The number of methoxy groups -OCH3 is 1. The summed E-state index contributed by atoms with van der Waals surface area (Å²) < 4.78 is 27.7. The lowest BCUT2D eigenvalue weighted by molar-refractivity contribution is -0.000955. The van der Waals surface area contributed by atoms with Crippen molar-refractivity contribution in [1.29, 1.82) is 0 Å². The quantitative estimate of drug-likeness (QED) is 0.810. The van der Waals surface area contributed by atoms with Gasteiger partial charge in [-0.1, -0.05) is 6.92 Å². The van der Waals surface area contributed by atoms with E-state index in [1.54, 1.807) is 12.0 Å². The van der Waals surface area contributed by atoms with E-state index in [0.717, 1.165) is 12.7 Å². The molecule has 1 aromatic heterocycles. The lowest BCUT2D eigenvalue weighted by Crippen LogP contribution is -2.57. The third-order valence-corrected chi connectivity index (χ3v) is 4.71. The number of aromatic nitrogens is 1. The van der Waals surface area contributed by atoms with Gasteiger partial charge in [-0.15, -0.1) is 0 Å². The molecular weight excluding hydrogens is 292 g/mol. The zero-order valence-corrected chi connectivity index (χ0v) is 13.3. The number of ether oxygens (including phenoxy) is 1. The fraction of sp³-hybridized carbons (Fsp3) is 0.571. The van der Waals surface area contributed by atoms with Crippen LogP contribution in [0.4, 0.5) is 0 Å². The molecule has 0 aromatic carbocycles. The molecule has 7 heteroatoms. The predicted octanol–water partition coefficient (Wildman–Crippen LogP) is 0.984. The molecule has 0 unspecified atom stereocenters. The van der Waals surface area contributed by atoms with E-state index >= 15 is 0 Å². The summed E-state index contributed by atoms with van der Waals surface area (Å²) in [4.78, 5) is 17.8. The van der Waals surface area contributed by atoms with Crippen molar-refractivity contribution in [3.8, 4) is 0 Å². The predicted molar refractivity (Wildman–Crippen MR) is 77.9 cm³/mol. The summed E-state index contributed by atoms with van der Waals surface area (Å²) in [5.74, 6) is -0.113. The van der Waals surface area contributed by atoms with Gasteiger partial charge in [-0.25, -0.2) is 13.4 Å². The van der Waals surface area contributed by atoms with Gasteiger partial charge in [-0.05, 0) is 18.6 Å². The van der Waals surface area contributed by atoms with E-state index in [0.29, 0.717) is 25.3 Å². The van der Waals surface area contributed by atoms with Gasteiger partial charge in [0.1, 0.15) is 0 Å². The first-order chi connectivity index (χ1) is 9.75. The van der Waals surface area contributed by atoms with Crippen molar-refractivity contribution in [3.05, 3.63) is 23.9 Å². The van der Waals surface area contributed by atoms with Crippen LogP contribution in [0.1, 0.15) is 23.7 Å². The van der Waals surface area contributed by atoms with Crippen molar-refractivity contribution >= 4 is 15.7 Å². The largest absolute Gasteiger partial charge is 0.385 e. The van der Waals surface area contributed by atoms with Gasteiger partial charge in [0.25, 0.3) is 5.91 Å². The number of carbonyl (C=O) groups is 1. The van der Waals surface area contributed by atoms with Crippen LogP contribution in [0, 0.1) is 5.41 Å². The molecule has 21 heavy (non-hydrogen) atoms. The summed E-state index contributed by atoms with van der Waals surface area (Å²) in [7, 11) is -1.67.